The summed E-state index contributed by atoms with van der Waals surface area (Å²) in [5, 5.41) is 0. The van der Waals surface area contributed by atoms with Crippen molar-refractivity contribution in [2.45, 2.75) is 90.8 Å². The van der Waals surface area contributed by atoms with Crippen LogP contribution in [0.15, 0.2) is 30.4 Å². The van der Waals surface area contributed by atoms with Gasteiger partial charge in [0.25, 0.3) is 0 Å². The van der Waals surface area contributed by atoms with E-state index in [1.807, 2.05) is 45.9 Å². The van der Waals surface area contributed by atoms with E-state index in [0.717, 1.165) is 6.04 Å². The first-order chi connectivity index (χ1) is 17.8. The lowest BCUT2D eigenvalue weighted by Gasteiger charge is -2.23. The molecule has 38 heavy (non-hydrogen) atoms. The molecule has 1 fully saturated rings. The maximum Gasteiger partial charge on any atom is 0.342 e. The fraction of sp³-hybridized carbons (Fsp3) is 0.633. The second kappa shape index (κ2) is 12.8. The van der Waals surface area contributed by atoms with Crippen LogP contribution in [0.3, 0.4) is 0 Å². The standard InChI is InChI=1S/C30H46O7Si/c1-20-13-14-21(2)28-25(36-30(4,5)37-28)12-10-11-23-17-24(33-15-16-38(7,8)9)18-26(34-19-32-6)27(23)29(31)35-22(20)3/h10-11,13-14,17-18,20-22,25,28H,12,15-16,19H2,1-9H3/b11-10+,14-13-/t20-,21?,22+,25?,28?/m1/s1. The number of hydrogen-bond donors (Lipinski definition) is 0. The molecule has 0 aliphatic carbocycles. The van der Waals surface area contributed by atoms with Gasteiger partial charge in [0.1, 0.15) is 23.2 Å². The molecule has 3 unspecified atom stereocenters. The lowest BCUT2D eigenvalue weighted by molar-refractivity contribution is -0.148. The third-order valence-corrected chi connectivity index (χ3v) is 8.62. The molecule has 1 saturated heterocycles. The maximum atomic E-state index is 13.5. The third kappa shape index (κ3) is 8.43. The highest BCUT2D eigenvalue weighted by Gasteiger charge is 2.42. The van der Waals surface area contributed by atoms with Crippen molar-refractivity contribution in [3.63, 3.8) is 0 Å². The maximum absolute atomic E-state index is 13.5. The largest absolute Gasteiger partial charge is 0.494 e. The fourth-order valence-electron chi connectivity index (χ4n) is 4.53. The van der Waals surface area contributed by atoms with Crippen molar-refractivity contribution in [1.29, 1.82) is 0 Å². The summed E-state index contributed by atoms with van der Waals surface area (Å²) < 4.78 is 35.6. The van der Waals surface area contributed by atoms with Crippen LogP contribution in [-0.4, -0.2) is 58.7 Å². The molecule has 0 aromatic heterocycles. The van der Waals surface area contributed by atoms with E-state index < -0.39 is 19.8 Å². The minimum atomic E-state index is -1.27. The molecule has 2 aliphatic heterocycles. The third-order valence-electron chi connectivity index (χ3n) is 6.92. The first-order valence-corrected chi connectivity index (χ1v) is 17.3. The lowest BCUT2D eigenvalue weighted by atomic mass is 9.94. The molecule has 212 valence electrons. The average molecular weight is 547 g/mol. The fourth-order valence-corrected chi connectivity index (χ4v) is 5.24. The molecular weight excluding hydrogens is 500 g/mol. The van der Waals surface area contributed by atoms with Gasteiger partial charge in [0.2, 0.25) is 0 Å². The Kier molecular flexibility index (Phi) is 10.3. The summed E-state index contributed by atoms with van der Waals surface area (Å²) in [6.45, 7) is 17.5. The SMILES string of the molecule is COCOc1cc(OCC[Si](C)(C)C)cc2c1C(=O)O[C@@H](C)[C@H](C)/C=C\C(C)C1OC(C)(C)OC1C/C=C/2. The summed E-state index contributed by atoms with van der Waals surface area (Å²) in [5.41, 5.74) is 1.02. The molecule has 0 saturated carbocycles. The van der Waals surface area contributed by atoms with Gasteiger partial charge < -0.3 is 28.4 Å². The van der Waals surface area contributed by atoms with Crippen molar-refractivity contribution in [3.8, 4) is 11.5 Å². The highest BCUT2D eigenvalue weighted by atomic mass is 28.3. The minimum Gasteiger partial charge on any atom is -0.494 e. The van der Waals surface area contributed by atoms with Crippen LogP contribution in [-0.2, 0) is 18.9 Å². The van der Waals surface area contributed by atoms with Crippen molar-refractivity contribution in [2.24, 2.45) is 11.8 Å². The molecular formula is C30H46O7Si. The first-order valence-electron chi connectivity index (χ1n) is 13.6. The molecule has 1 aromatic rings. The topological polar surface area (TPSA) is 72.5 Å². The van der Waals surface area contributed by atoms with Crippen molar-refractivity contribution < 1.29 is 33.2 Å². The molecule has 5 atom stereocenters. The summed E-state index contributed by atoms with van der Waals surface area (Å²) in [6.07, 6.45) is 8.25. The molecule has 8 heteroatoms. The van der Waals surface area contributed by atoms with E-state index in [1.165, 1.54) is 0 Å². The van der Waals surface area contributed by atoms with Gasteiger partial charge >= 0.3 is 5.97 Å². The molecule has 2 heterocycles. The van der Waals surface area contributed by atoms with Gasteiger partial charge in [-0.25, -0.2) is 4.79 Å². The second-order valence-electron chi connectivity index (χ2n) is 12.1. The second-order valence-corrected chi connectivity index (χ2v) is 17.7. The van der Waals surface area contributed by atoms with E-state index in [0.29, 0.717) is 35.7 Å². The van der Waals surface area contributed by atoms with Gasteiger partial charge in [0.15, 0.2) is 12.6 Å². The molecule has 0 N–H and O–H groups in total. The Balaban J connectivity index is 2.03. The van der Waals surface area contributed by atoms with Crippen LogP contribution in [0.25, 0.3) is 6.08 Å². The molecule has 3 rings (SSSR count). The Bertz CT molecular complexity index is 1010. The van der Waals surface area contributed by atoms with Gasteiger partial charge in [-0.3, -0.25) is 0 Å². The Labute approximate surface area is 229 Å². The van der Waals surface area contributed by atoms with Gasteiger partial charge in [-0.15, -0.1) is 0 Å². The smallest absolute Gasteiger partial charge is 0.342 e. The predicted molar refractivity (Wildman–Crippen MR) is 152 cm³/mol. The van der Waals surface area contributed by atoms with Crippen LogP contribution in [0.4, 0.5) is 0 Å². The molecule has 0 radical (unpaired) electrons. The zero-order chi connectivity index (χ0) is 28.1. The van der Waals surface area contributed by atoms with Crippen molar-refractivity contribution in [3.05, 3.63) is 41.5 Å². The Hall–Kier alpha value is -2.13. The van der Waals surface area contributed by atoms with Crippen LogP contribution in [0.5, 0.6) is 11.5 Å². The number of fused-ring (bicyclic) bond motifs is 2. The number of ether oxygens (including phenoxy) is 6. The van der Waals surface area contributed by atoms with Crippen LogP contribution in [0.2, 0.25) is 25.7 Å². The van der Waals surface area contributed by atoms with E-state index in [4.69, 9.17) is 28.4 Å². The Morgan fingerprint density at radius 2 is 1.74 bits per heavy atom. The highest BCUT2D eigenvalue weighted by molar-refractivity contribution is 6.76. The number of rotatable bonds is 7. The predicted octanol–water partition coefficient (Wildman–Crippen LogP) is 6.70. The monoisotopic (exact) mass is 546 g/mol. The van der Waals surface area contributed by atoms with Crippen LogP contribution in [0, 0.1) is 11.8 Å². The molecule has 0 bridgehead atoms. The quantitative estimate of drug-likeness (QED) is 0.163. The van der Waals surface area contributed by atoms with E-state index in [1.54, 1.807) is 13.2 Å². The van der Waals surface area contributed by atoms with Crippen LogP contribution in [0.1, 0.15) is 57.0 Å². The van der Waals surface area contributed by atoms with Gasteiger partial charge in [0, 0.05) is 33.1 Å². The number of carbonyl (C=O) groups excluding carboxylic acids is 1. The molecule has 7 nitrogen and oxygen atoms in total. The summed E-state index contributed by atoms with van der Waals surface area (Å²) in [6, 6.07) is 4.66. The Morgan fingerprint density at radius 3 is 2.42 bits per heavy atom. The van der Waals surface area contributed by atoms with E-state index in [9.17, 15) is 4.79 Å². The number of cyclic esters (lactones) is 1. The van der Waals surface area contributed by atoms with E-state index >= 15 is 0 Å². The number of hydrogen-bond acceptors (Lipinski definition) is 7. The van der Waals surface area contributed by atoms with E-state index in [2.05, 4.69) is 38.7 Å². The number of esters is 1. The highest BCUT2D eigenvalue weighted by Crippen LogP contribution is 2.36. The lowest BCUT2D eigenvalue weighted by Crippen LogP contribution is -2.29. The van der Waals surface area contributed by atoms with Crippen LogP contribution < -0.4 is 9.47 Å². The zero-order valence-electron chi connectivity index (χ0n) is 24.5. The molecule has 1 aromatic carbocycles. The van der Waals surface area contributed by atoms with E-state index in [-0.39, 0.29) is 36.9 Å². The van der Waals surface area contributed by atoms with Crippen molar-refractivity contribution >= 4 is 20.1 Å². The van der Waals surface area contributed by atoms with Gasteiger partial charge in [0.05, 0.1) is 18.8 Å². The summed E-state index contributed by atoms with van der Waals surface area (Å²) >= 11 is 0. The van der Waals surface area contributed by atoms with Crippen molar-refractivity contribution in [2.75, 3.05) is 20.5 Å². The Morgan fingerprint density at radius 1 is 1.03 bits per heavy atom. The molecule has 2 aliphatic rings. The van der Waals surface area contributed by atoms with Gasteiger partial charge in [-0.05, 0) is 44.9 Å². The normalized spacial score (nSPS) is 29.4. The number of methoxy groups -OCH3 is 1. The van der Waals surface area contributed by atoms with Crippen LogP contribution >= 0.6 is 0 Å². The first kappa shape index (κ1) is 30.4. The van der Waals surface area contributed by atoms with Gasteiger partial charge in [-0.1, -0.05) is 57.8 Å². The minimum absolute atomic E-state index is 0.00160. The summed E-state index contributed by atoms with van der Waals surface area (Å²) in [4.78, 5) is 13.5. The average Bonchev–Trinajstić information content (AvgIpc) is 3.13. The number of benzene rings is 1. The van der Waals surface area contributed by atoms with Crippen molar-refractivity contribution in [1.82, 2.24) is 0 Å². The molecule has 0 amide bonds. The molecule has 0 spiro atoms. The zero-order valence-corrected chi connectivity index (χ0v) is 25.5. The number of carbonyl (C=O) groups is 1. The van der Waals surface area contributed by atoms with Gasteiger partial charge in [-0.2, -0.15) is 0 Å². The summed E-state index contributed by atoms with van der Waals surface area (Å²) in [5.74, 6) is 0.0532. The summed E-state index contributed by atoms with van der Waals surface area (Å²) in [7, 11) is 0.275.